The summed E-state index contributed by atoms with van der Waals surface area (Å²) in [7, 11) is 0. The quantitative estimate of drug-likeness (QED) is 0.898. The van der Waals surface area contributed by atoms with Crippen LogP contribution in [0.1, 0.15) is 57.7 Å². The van der Waals surface area contributed by atoms with Crippen molar-refractivity contribution in [3.63, 3.8) is 0 Å². The molecule has 21 heavy (non-hydrogen) atoms. The summed E-state index contributed by atoms with van der Waals surface area (Å²) in [4.78, 5) is 14.9. The van der Waals surface area contributed by atoms with Crippen LogP contribution in [-0.4, -0.2) is 23.4 Å². The van der Waals surface area contributed by atoms with Crippen LogP contribution in [0.15, 0.2) is 16.8 Å². The lowest BCUT2D eigenvalue weighted by Crippen LogP contribution is -2.36. The number of nitrogens with one attached hydrogen (secondary N) is 1. The predicted molar refractivity (Wildman–Crippen MR) is 87.1 cm³/mol. The lowest BCUT2D eigenvalue weighted by Gasteiger charge is -2.28. The van der Waals surface area contributed by atoms with Crippen LogP contribution < -0.4 is 5.32 Å². The van der Waals surface area contributed by atoms with Gasteiger partial charge in [-0.15, -0.1) is 0 Å². The summed E-state index contributed by atoms with van der Waals surface area (Å²) < 4.78 is 0. The van der Waals surface area contributed by atoms with Crippen LogP contribution in [-0.2, 0) is 4.79 Å². The van der Waals surface area contributed by atoms with Gasteiger partial charge in [0.05, 0.1) is 6.04 Å². The Balaban J connectivity index is 1.77. The molecule has 0 radical (unpaired) electrons. The molecule has 1 aromatic rings. The van der Waals surface area contributed by atoms with E-state index in [0.29, 0.717) is 11.8 Å². The standard InChI is InChI=1S/C17H26N2OS/c1-3-5-15-17(20)19(10-13-7-4-6-12(13)2)16(18-15)14-8-9-21-11-14/h8-9,11-13,15-16,18H,3-7,10H2,1-2H3. The minimum Gasteiger partial charge on any atom is -0.321 e. The second-order valence-corrected chi connectivity index (χ2v) is 7.41. The molecule has 3 nitrogen and oxygen atoms in total. The second-order valence-electron chi connectivity index (χ2n) is 6.63. The average molecular weight is 306 g/mol. The van der Waals surface area contributed by atoms with Gasteiger partial charge in [-0.25, -0.2) is 0 Å². The zero-order chi connectivity index (χ0) is 14.8. The number of carbonyl (C=O) groups excluding carboxylic acids is 1. The number of rotatable bonds is 5. The zero-order valence-corrected chi connectivity index (χ0v) is 13.9. The summed E-state index contributed by atoms with van der Waals surface area (Å²) in [6.45, 7) is 5.42. The molecule has 1 N–H and O–H groups in total. The van der Waals surface area contributed by atoms with Gasteiger partial charge in [-0.1, -0.05) is 33.1 Å². The highest BCUT2D eigenvalue weighted by Crippen LogP contribution is 2.36. The molecular weight excluding hydrogens is 280 g/mol. The fourth-order valence-corrected chi connectivity index (χ4v) is 4.50. The minimum atomic E-state index is 0.0107. The van der Waals surface area contributed by atoms with E-state index in [1.54, 1.807) is 11.3 Å². The fraction of sp³-hybridized carbons (Fsp3) is 0.706. The molecule has 2 fully saturated rings. The Hall–Kier alpha value is -0.870. The van der Waals surface area contributed by atoms with Crippen molar-refractivity contribution in [2.45, 2.75) is 58.2 Å². The van der Waals surface area contributed by atoms with Crippen molar-refractivity contribution in [3.8, 4) is 0 Å². The third-order valence-electron chi connectivity index (χ3n) is 5.16. The van der Waals surface area contributed by atoms with Crippen LogP contribution in [0, 0.1) is 11.8 Å². The molecule has 116 valence electrons. The van der Waals surface area contributed by atoms with Crippen molar-refractivity contribution in [2.75, 3.05) is 6.54 Å². The summed E-state index contributed by atoms with van der Waals surface area (Å²) in [5.41, 5.74) is 1.25. The Labute approximate surface area is 131 Å². The van der Waals surface area contributed by atoms with Crippen LogP contribution in [0.2, 0.25) is 0 Å². The Kier molecular flexibility index (Phi) is 4.65. The summed E-state index contributed by atoms with van der Waals surface area (Å²) in [6, 6.07) is 2.16. The topological polar surface area (TPSA) is 32.3 Å². The first kappa shape index (κ1) is 15.0. The van der Waals surface area contributed by atoms with Crippen molar-refractivity contribution >= 4 is 17.2 Å². The number of nitrogens with zero attached hydrogens (tertiary/aromatic N) is 1. The Morgan fingerprint density at radius 2 is 2.29 bits per heavy atom. The highest BCUT2D eigenvalue weighted by Gasteiger charge is 2.41. The molecule has 4 heteroatoms. The SMILES string of the molecule is CCCC1NC(c2ccsc2)N(CC2CCCC2C)C1=O. The second kappa shape index (κ2) is 6.49. The molecule has 0 spiro atoms. The Bertz CT molecular complexity index is 473. The molecule has 0 aromatic carbocycles. The van der Waals surface area contributed by atoms with Gasteiger partial charge in [0, 0.05) is 6.54 Å². The summed E-state index contributed by atoms with van der Waals surface area (Å²) in [5.74, 6) is 1.75. The molecule has 2 heterocycles. The van der Waals surface area contributed by atoms with Crippen molar-refractivity contribution in [2.24, 2.45) is 11.8 Å². The predicted octanol–water partition coefficient (Wildman–Crippen LogP) is 3.78. The maximum absolute atomic E-state index is 12.8. The van der Waals surface area contributed by atoms with E-state index in [1.807, 2.05) is 0 Å². The largest absolute Gasteiger partial charge is 0.321 e. The lowest BCUT2D eigenvalue weighted by atomic mass is 9.97. The molecule has 3 rings (SSSR count). The normalized spacial score (nSPS) is 33.0. The van der Waals surface area contributed by atoms with Crippen molar-refractivity contribution in [3.05, 3.63) is 22.4 Å². The molecule has 1 aliphatic carbocycles. The molecule has 1 aliphatic heterocycles. The van der Waals surface area contributed by atoms with E-state index in [-0.39, 0.29) is 12.2 Å². The van der Waals surface area contributed by atoms with Gasteiger partial charge in [0.1, 0.15) is 6.17 Å². The average Bonchev–Trinajstić information content (AvgIpc) is 3.17. The summed E-state index contributed by atoms with van der Waals surface area (Å²) >= 11 is 1.71. The van der Waals surface area contributed by atoms with E-state index in [4.69, 9.17) is 0 Å². The monoisotopic (exact) mass is 306 g/mol. The van der Waals surface area contributed by atoms with Gasteiger partial charge in [-0.3, -0.25) is 10.1 Å². The number of carbonyl (C=O) groups is 1. The van der Waals surface area contributed by atoms with E-state index in [2.05, 4.69) is 40.9 Å². The van der Waals surface area contributed by atoms with Crippen molar-refractivity contribution < 1.29 is 4.79 Å². The van der Waals surface area contributed by atoms with E-state index in [1.165, 1.54) is 24.8 Å². The summed E-state index contributed by atoms with van der Waals surface area (Å²) in [6.07, 6.45) is 6.00. The van der Waals surface area contributed by atoms with Crippen LogP contribution in [0.3, 0.4) is 0 Å². The molecule has 4 unspecified atom stereocenters. The molecule has 1 amide bonds. The molecule has 0 bridgehead atoms. The van der Waals surface area contributed by atoms with Gasteiger partial charge >= 0.3 is 0 Å². The first-order valence-corrected chi connectivity index (χ1v) is 9.23. The van der Waals surface area contributed by atoms with Crippen LogP contribution in [0.4, 0.5) is 0 Å². The van der Waals surface area contributed by atoms with Gasteiger partial charge < -0.3 is 4.90 Å². The minimum absolute atomic E-state index is 0.0107. The maximum atomic E-state index is 12.8. The molecule has 1 saturated heterocycles. The molecule has 1 saturated carbocycles. The zero-order valence-electron chi connectivity index (χ0n) is 13.0. The maximum Gasteiger partial charge on any atom is 0.241 e. The Morgan fingerprint density at radius 1 is 1.43 bits per heavy atom. The third-order valence-corrected chi connectivity index (χ3v) is 5.86. The van der Waals surface area contributed by atoms with E-state index < -0.39 is 0 Å². The molecular formula is C17H26N2OS. The van der Waals surface area contributed by atoms with Gasteiger partial charge in [0.25, 0.3) is 0 Å². The van der Waals surface area contributed by atoms with Crippen LogP contribution in [0.5, 0.6) is 0 Å². The lowest BCUT2D eigenvalue weighted by molar-refractivity contribution is -0.131. The summed E-state index contributed by atoms with van der Waals surface area (Å²) in [5, 5.41) is 7.84. The highest BCUT2D eigenvalue weighted by atomic mass is 32.1. The first-order valence-electron chi connectivity index (χ1n) is 8.29. The van der Waals surface area contributed by atoms with Gasteiger partial charge in [-0.2, -0.15) is 11.3 Å². The van der Waals surface area contributed by atoms with Crippen molar-refractivity contribution in [1.29, 1.82) is 0 Å². The number of hydrogen-bond acceptors (Lipinski definition) is 3. The van der Waals surface area contributed by atoms with E-state index in [9.17, 15) is 4.79 Å². The third kappa shape index (κ3) is 3.02. The van der Waals surface area contributed by atoms with Crippen molar-refractivity contribution in [1.82, 2.24) is 10.2 Å². The Morgan fingerprint density at radius 3 is 2.90 bits per heavy atom. The molecule has 4 atom stereocenters. The van der Waals surface area contributed by atoms with Gasteiger partial charge in [0.15, 0.2) is 0 Å². The highest BCUT2D eigenvalue weighted by molar-refractivity contribution is 7.07. The number of amides is 1. The van der Waals surface area contributed by atoms with E-state index in [0.717, 1.165) is 25.3 Å². The molecule has 1 aromatic heterocycles. The van der Waals surface area contributed by atoms with Gasteiger partial charge in [0.2, 0.25) is 5.91 Å². The van der Waals surface area contributed by atoms with Gasteiger partial charge in [-0.05, 0) is 47.1 Å². The van der Waals surface area contributed by atoms with E-state index >= 15 is 0 Å². The molecule has 2 aliphatic rings. The first-order chi connectivity index (χ1) is 10.2. The smallest absolute Gasteiger partial charge is 0.241 e. The number of hydrogen-bond donors (Lipinski definition) is 1. The van der Waals surface area contributed by atoms with Crippen LogP contribution >= 0.6 is 11.3 Å². The fourth-order valence-electron chi connectivity index (χ4n) is 3.82. The van der Waals surface area contributed by atoms with Crippen LogP contribution in [0.25, 0.3) is 0 Å². The number of thiophene rings is 1.